The number of fused-ring (bicyclic) bond motifs is 1. The van der Waals surface area contributed by atoms with E-state index in [2.05, 4.69) is 15.2 Å². The lowest BCUT2D eigenvalue weighted by Crippen LogP contribution is -1.98. The summed E-state index contributed by atoms with van der Waals surface area (Å²) in [5.41, 5.74) is 0.294. The van der Waals surface area contributed by atoms with Crippen LogP contribution in [0.5, 0.6) is 0 Å². The van der Waals surface area contributed by atoms with E-state index in [-0.39, 0.29) is 17.1 Å². The molecule has 1 aromatic rings. The number of carbonyl (C=O) groups is 2. The number of hydrogen-bond donors (Lipinski definition) is 0. The molecule has 1 aromatic heterocycles. The van der Waals surface area contributed by atoms with Crippen LogP contribution in [0.2, 0.25) is 0 Å². The van der Waals surface area contributed by atoms with Crippen molar-refractivity contribution in [3.05, 3.63) is 23.8 Å². The van der Waals surface area contributed by atoms with Crippen molar-refractivity contribution in [1.29, 1.82) is 0 Å². The zero-order chi connectivity index (χ0) is 9.26. The first-order valence-electron chi connectivity index (χ1n) is 3.38. The second-order valence-electron chi connectivity index (χ2n) is 2.21. The number of aromatic nitrogens is 3. The lowest BCUT2D eigenvalue weighted by Gasteiger charge is -1.90. The van der Waals surface area contributed by atoms with E-state index >= 15 is 0 Å². The summed E-state index contributed by atoms with van der Waals surface area (Å²) in [6.07, 6.45) is 2.75. The molecule has 0 radical (unpaired) electrons. The molecule has 0 amide bonds. The summed E-state index contributed by atoms with van der Waals surface area (Å²) >= 11 is 0. The first-order valence-corrected chi connectivity index (χ1v) is 3.38. The summed E-state index contributed by atoms with van der Waals surface area (Å²) in [6.45, 7) is 0. The number of allylic oxidation sites excluding steroid dienone is 1. The average molecular weight is 177 g/mol. The van der Waals surface area contributed by atoms with E-state index in [4.69, 9.17) is 4.74 Å². The molecule has 0 saturated heterocycles. The quantitative estimate of drug-likeness (QED) is 0.329. The SMILES string of the molecule is O=CC=C1OC(=O)c2ncnnc21. The van der Waals surface area contributed by atoms with Gasteiger partial charge in [-0.1, -0.05) is 0 Å². The van der Waals surface area contributed by atoms with Crippen LogP contribution in [0.25, 0.3) is 5.76 Å². The van der Waals surface area contributed by atoms with Crippen molar-refractivity contribution in [3.8, 4) is 0 Å². The highest BCUT2D eigenvalue weighted by Gasteiger charge is 2.29. The highest BCUT2D eigenvalue weighted by atomic mass is 16.5. The summed E-state index contributed by atoms with van der Waals surface area (Å²) in [6, 6.07) is 0. The molecule has 0 aromatic carbocycles. The summed E-state index contributed by atoms with van der Waals surface area (Å²) in [7, 11) is 0. The summed E-state index contributed by atoms with van der Waals surface area (Å²) in [4.78, 5) is 24.9. The second kappa shape index (κ2) is 2.74. The molecule has 1 aliphatic rings. The Kier molecular flexibility index (Phi) is 1.59. The van der Waals surface area contributed by atoms with Gasteiger partial charge in [-0.2, -0.15) is 0 Å². The highest BCUT2D eigenvalue weighted by molar-refractivity contribution is 6.01. The van der Waals surface area contributed by atoms with E-state index in [9.17, 15) is 9.59 Å². The molecule has 0 bridgehead atoms. The van der Waals surface area contributed by atoms with Gasteiger partial charge in [-0.15, -0.1) is 10.2 Å². The first kappa shape index (κ1) is 7.53. The van der Waals surface area contributed by atoms with Gasteiger partial charge in [-0.3, -0.25) is 4.79 Å². The molecule has 6 heteroatoms. The normalized spacial score (nSPS) is 16.9. The molecule has 0 spiro atoms. The molecular weight excluding hydrogens is 174 g/mol. The van der Waals surface area contributed by atoms with Gasteiger partial charge in [0.2, 0.25) is 0 Å². The van der Waals surface area contributed by atoms with Crippen molar-refractivity contribution < 1.29 is 14.3 Å². The van der Waals surface area contributed by atoms with E-state index in [0.29, 0.717) is 6.29 Å². The summed E-state index contributed by atoms with van der Waals surface area (Å²) < 4.78 is 4.70. The topological polar surface area (TPSA) is 82.0 Å². The number of aldehydes is 1. The summed E-state index contributed by atoms with van der Waals surface area (Å²) in [5.74, 6) is -0.520. The van der Waals surface area contributed by atoms with Gasteiger partial charge >= 0.3 is 5.97 Å². The number of ether oxygens (including phenoxy) is 1. The Labute approximate surface area is 72.3 Å². The summed E-state index contributed by atoms with van der Waals surface area (Å²) in [5, 5.41) is 7.10. The van der Waals surface area contributed by atoms with E-state index < -0.39 is 5.97 Å². The third-order valence-corrected chi connectivity index (χ3v) is 1.47. The van der Waals surface area contributed by atoms with Crippen LogP contribution in [-0.2, 0) is 9.53 Å². The van der Waals surface area contributed by atoms with Crippen LogP contribution in [-0.4, -0.2) is 27.4 Å². The minimum absolute atomic E-state index is 0.0862. The molecule has 64 valence electrons. The molecule has 0 atom stereocenters. The Bertz CT molecular complexity index is 413. The standard InChI is InChI=1S/C7H3N3O3/c11-2-1-4-5-6(7(12)13-4)8-3-9-10-5/h1-3H. The van der Waals surface area contributed by atoms with Gasteiger partial charge in [0.1, 0.15) is 12.6 Å². The lowest BCUT2D eigenvalue weighted by molar-refractivity contribution is -0.104. The van der Waals surface area contributed by atoms with Gasteiger partial charge in [0.15, 0.2) is 17.1 Å². The van der Waals surface area contributed by atoms with E-state index in [1.165, 1.54) is 0 Å². The Morgan fingerprint density at radius 1 is 1.38 bits per heavy atom. The van der Waals surface area contributed by atoms with Crippen molar-refractivity contribution in [2.75, 3.05) is 0 Å². The molecule has 13 heavy (non-hydrogen) atoms. The van der Waals surface area contributed by atoms with Gasteiger partial charge in [-0.05, 0) is 0 Å². The van der Waals surface area contributed by atoms with Gasteiger partial charge in [-0.25, -0.2) is 9.78 Å². The van der Waals surface area contributed by atoms with Crippen LogP contribution in [0.3, 0.4) is 0 Å². The van der Waals surface area contributed by atoms with Gasteiger partial charge in [0, 0.05) is 6.08 Å². The fraction of sp³-hybridized carbons (Fsp3) is 0. The Morgan fingerprint density at radius 3 is 3.00 bits per heavy atom. The number of cyclic esters (lactones) is 1. The van der Waals surface area contributed by atoms with Crippen molar-refractivity contribution in [1.82, 2.24) is 15.2 Å². The molecule has 2 rings (SSSR count). The zero-order valence-corrected chi connectivity index (χ0v) is 6.30. The maximum absolute atomic E-state index is 11.0. The van der Waals surface area contributed by atoms with Gasteiger partial charge < -0.3 is 4.74 Å². The highest BCUT2D eigenvalue weighted by Crippen LogP contribution is 2.24. The third kappa shape index (κ3) is 1.08. The zero-order valence-electron chi connectivity index (χ0n) is 6.30. The molecule has 1 aliphatic heterocycles. The molecule has 2 heterocycles. The predicted octanol–water partition coefficient (Wildman–Crippen LogP) is -0.418. The number of carbonyl (C=O) groups excluding carboxylic acids is 2. The van der Waals surface area contributed by atoms with Gasteiger partial charge in [0.05, 0.1) is 0 Å². The number of nitrogens with zero attached hydrogens (tertiary/aromatic N) is 3. The molecule has 0 saturated carbocycles. The van der Waals surface area contributed by atoms with Crippen LogP contribution in [0, 0.1) is 0 Å². The molecular formula is C7H3N3O3. The Morgan fingerprint density at radius 2 is 2.23 bits per heavy atom. The fourth-order valence-electron chi connectivity index (χ4n) is 0.962. The number of esters is 1. The minimum Gasteiger partial charge on any atom is -0.419 e. The smallest absolute Gasteiger partial charge is 0.364 e. The minimum atomic E-state index is -0.613. The van der Waals surface area contributed by atoms with Crippen molar-refractivity contribution >= 4 is 18.0 Å². The first-order chi connectivity index (χ1) is 6.33. The monoisotopic (exact) mass is 177 g/mol. The maximum Gasteiger partial charge on any atom is 0.364 e. The van der Waals surface area contributed by atoms with Crippen LogP contribution in [0.1, 0.15) is 16.2 Å². The van der Waals surface area contributed by atoms with Crippen LogP contribution < -0.4 is 0 Å². The molecule has 0 N–H and O–H groups in total. The van der Waals surface area contributed by atoms with Crippen molar-refractivity contribution in [3.63, 3.8) is 0 Å². The Hall–Kier alpha value is -2.11. The van der Waals surface area contributed by atoms with E-state index in [1.54, 1.807) is 0 Å². The fourth-order valence-corrected chi connectivity index (χ4v) is 0.962. The van der Waals surface area contributed by atoms with Crippen LogP contribution >= 0.6 is 0 Å². The lowest BCUT2D eigenvalue weighted by atomic mass is 10.3. The largest absolute Gasteiger partial charge is 0.419 e. The van der Waals surface area contributed by atoms with Crippen molar-refractivity contribution in [2.24, 2.45) is 0 Å². The molecule has 0 fully saturated rings. The van der Waals surface area contributed by atoms with Crippen molar-refractivity contribution in [2.45, 2.75) is 0 Å². The second-order valence-corrected chi connectivity index (χ2v) is 2.21. The number of hydrogen-bond acceptors (Lipinski definition) is 6. The average Bonchev–Trinajstić information content (AvgIpc) is 2.46. The predicted molar refractivity (Wildman–Crippen MR) is 39.3 cm³/mol. The maximum atomic E-state index is 11.0. The third-order valence-electron chi connectivity index (χ3n) is 1.47. The van der Waals surface area contributed by atoms with E-state index in [1.807, 2.05) is 0 Å². The van der Waals surface area contributed by atoms with Crippen LogP contribution in [0.4, 0.5) is 0 Å². The van der Waals surface area contributed by atoms with E-state index in [0.717, 1.165) is 12.4 Å². The van der Waals surface area contributed by atoms with Crippen LogP contribution in [0.15, 0.2) is 12.4 Å². The molecule has 0 aliphatic carbocycles. The Balaban J connectivity index is 2.59. The molecule has 6 nitrogen and oxygen atoms in total. The number of rotatable bonds is 1. The molecule has 0 unspecified atom stereocenters. The van der Waals surface area contributed by atoms with Gasteiger partial charge in [0.25, 0.3) is 0 Å².